The Kier molecular flexibility index (Phi) is 7.67. The van der Waals surface area contributed by atoms with Gasteiger partial charge in [-0.3, -0.25) is 0 Å². The van der Waals surface area contributed by atoms with E-state index in [-0.39, 0.29) is 0 Å². The highest BCUT2D eigenvalue weighted by molar-refractivity contribution is 6.28. The van der Waals surface area contributed by atoms with Crippen LogP contribution < -0.4 is 0 Å². The van der Waals surface area contributed by atoms with Gasteiger partial charge in [-0.05, 0) is 106 Å². The molecule has 0 saturated carbocycles. The zero-order valence-corrected chi connectivity index (χ0v) is 30.9. The van der Waals surface area contributed by atoms with Crippen molar-refractivity contribution in [2.45, 2.75) is 12.8 Å². The minimum absolute atomic E-state index is 1.11. The van der Waals surface area contributed by atoms with Crippen molar-refractivity contribution < 1.29 is 0 Å². The number of nitrogens with zero attached hydrogens (tertiary/aromatic N) is 2. The molecular formula is C54H38N2. The summed E-state index contributed by atoms with van der Waals surface area (Å²) in [5.74, 6) is 0. The van der Waals surface area contributed by atoms with Crippen LogP contribution in [0.25, 0.3) is 93.9 Å². The number of hydrogen-bond acceptors (Lipinski definition) is 0. The van der Waals surface area contributed by atoms with Crippen LogP contribution >= 0.6 is 0 Å². The Hall–Kier alpha value is -7.16. The van der Waals surface area contributed by atoms with Crippen LogP contribution in [0.15, 0.2) is 206 Å². The van der Waals surface area contributed by atoms with Crippen LogP contribution in [0.2, 0.25) is 0 Å². The van der Waals surface area contributed by atoms with Gasteiger partial charge in [0.2, 0.25) is 0 Å². The van der Waals surface area contributed by atoms with Crippen molar-refractivity contribution in [2.24, 2.45) is 0 Å². The quantitative estimate of drug-likeness (QED) is 0.162. The fourth-order valence-corrected chi connectivity index (χ4v) is 8.98. The molecule has 56 heavy (non-hydrogen) atoms. The smallest absolute Gasteiger partial charge is 0.0548 e. The number of aromatic nitrogens is 2. The third kappa shape index (κ3) is 5.26. The molecule has 0 radical (unpaired) electrons. The van der Waals surface area contributed by atoms with Crippen molar-refractivity contribution in [3.05, 3.63) is 212 Å². The van der Waals surface area contributed by atoms with E-state index in [9.17, 15) is 0 Å². The summed E-state index contributed by atoms with van der Waals surface area (Å²) < 4.78 is 4.89. The summed E-state index contributed by atoms with van der Waals surface area (Å²) in [5.41, 5.74) is 17.0. The maximum absolute atomic E-state index is 2.45. The molecular weight excluding hydrogens is 677 g/mol. The zero-order valence-electron chi connectivity index (χ0n) is 30.9. The highest BCUT2D eigenvalue weighted by atomic mass is 15.0. The normalized spacial score (nSPS) is 12.9. The summed E-state index contributed by atoms with van der Waals surface area (Å²) in [6, 6.07) is 68.9. The van der Waals surface area contributed by atoms with Gasteiger partial charge >= 0.3 is 0 Å². The van der Waals surface area contributed by atoms with Gasteiger partial charge in [0.1, 0.15) is 0 Å². The van der Waals surface area contributed by atoms with Crippen LogP contribution in [0, 0.1) is 0 Å². The van der Waals surface area contributed by atoms with Crippen LogP contribution in [0.1, 0.15) is 18.4 Å². The molecule has 0 aliphatic heterocycles. The van der Waals surface area contributed by atoms with Gasteiger partial charge in [0.15, 0.2) is 0 Å². The molecule has 0 atom stereocenters. The molecule has 1 aliphatic rings. The van der Waals surface area contributed by atoms with Crippen molar-refractivity contribution >= 4 is 49.2 Å². The first kappa shape index (κ1) is 32.3. The molecule has 2 heteroatoms. The van der Waals surface area contributed by atoms with E-state index in [1.807, 2.05) is 0 Å². The summed E-state index contributed by atoms with van der Waals surface area (Å²) in [6.07, 6.45) is 9.10. The zero-order chi connectivity index (χ0) is 37.0. The van der Waals surface area contributed by atoms with Gasteiger partial charge in [-0.1, -0.05) is 158 Å². The second kappa shape index (κ2) is 13.3. The Balaban J connectivity index is 1.05. The van der Waals surface area contributed by atoms with Gasteiger partial charge in [-0.2, -0.15) is 0 Å². The van der Waals surface area contributed by atoms with Gasteiger partial charge in [-0.25, -0.2) is 0 Å². The van der Waals surface area contributed by atoms with Crippen molar-refractivity contribution in [1.82, 2.24) is 9.13 Å². The molecule has 2 heterocycles. The van der Waals surface area contributed by atoms with E-state index in [0.717, 1.165) is 24.2 Å². The number of benzene rings is 8. The van der Waals surface area contributed by atoms with Gasteiger partial charge in [0.05, 0.1) is 22.1 Å². The van der Waals surface area contributed by atoms with Gasteiger partial charge in [0.25, 0.3) is 0 Å². The highest BCUT2D eigenvalue weighted by Gasteiger charge is 2.21. The predicted molar refractivity (Wildman–Crippen MR) is 238 cm³/mol. The SMILES string of the molecule is C1=CC(c2ccc(-c3cccc(-n4c5ccccc5c5c6c7ccccc7n(-c7ccc(-c8ccccc8-c8ccccc8)cc7)c6ccc54)c3)cc2)=CCC1. The first-order chi connectivity index (χ1) is 27.8. The van der Waals surface area contributed by atoms with Crippen molar-refractivity contribution in [2.75, 3.05) is 0 Å². The standard InChI is InChI=1S/C54H38N2/c1-3-14-37(15-4-1)38-26-28-39(29-27-38)42-18-13-19-44(36-42)56-50-25-12-10-23-48(50)54-52(56)35-34-51-53(54)47-22-9-11-24-49(47)55(51)43-32-30-41(31-33-43)46-21-8-7-20-45(46)40-16-5-2-6-17-40/h2-3,5-36H,1,4H2. The van der Waals surface area contributed by atoms with Gasteiger partial charge in [-0.15, -0.1) is 0 Å². The Morgan fingerprint density at radius 3 is 1.52 bits per heavy atom. The van der Waals surface area contributed by atoms with Crippen LogP contribution in [0.3, 0.4) is 0 Å². The molecule has 0 bridgehead atoms. The molecule has 0 amide bonds. The summed E-state index contributed by atoms with van der Waals surface area (Å²) in [5, 5.41) is 5.08. The molecule has 2 nitrogen and oxygen atoms in total. The van der Waals surface area contributed by atoms with Crippen molar-refractivity contribution in [3.63, 3.8) is 0 Å². The Bertz CT molecular complexity index is 3150. The lowest BCUT2D eigenvalue weighted by molar-refractivity contribution is 1.04. The number of para-hydroxylation sites is 2. The maximum Gasteiger partial charge on any atom is 0.0548 e. The van der Waals surface area contributed by atoms with E-state index in [1.54, 1.807) is 0 Å². The van der Waals surface area contributed by atoms with Crippen LogP contribution in [-0.2, 0) is 0 Å². The molecule has 0 N–H and O–H groups in total. The topological polar surface area (TPSA) is 9.86 Å². The molecule has 1 aliphatic carbocycles. The summed E-state index contributed by atoms with van der Waals surface area (Å²) in [6.45, 7) is 0. The predicted octanol–water partition coefficient (Wildman–Crippen LogP) is 14.6. The van der Waals surface area contributed by atoms with E-state index in [0.29, 0.717) is 0 Å². The van der Waals surface area contributed by atoms with Crippen LogP contribution in [0.4, 0.5) is 0 Å². The number of allylic oxidation sites excluding steroid dienone is 4. The number of rotatable bonds is 6. The highest BCUT2D eigenvalue weighted by Crippen LogP contribution is 2.43. The first-order valence-electron chi connectivity index (χ1n) is 19.6. The van der Waals surface area contributed by atoms with E-state index < -0.39 is 0 Å². The molecule has 10 aromatic rings. The second-order valence-electron chi connectivity index (χ2n) is 14.8. The Morgan fingerprint density at radius 2 is 0.875 bits per heavy atom. The Labute approximate surface area is 326 Å². The van der Waals surface area contributed by atoms with E-state index in [1.165, 1.54) is 88.1 Å². The average Bonchev–Trinajstić information content (AvgIpc) is 3.80. The summed E-state index contributed by atoms with van der Waals surface area (Å²) in [7, 11) is 0. The maximum atomic E-state index is 2.45. The van der Waals surface area contributed by atoms with Crippen LogP contribution in [-0.4, -0.2) is 9.13 Å². The third-order valence-electron chi connectivity index (χ3n) is 11.6. The largest absolute Gasteiger partial charge is 0.309 e. The average molecular weight is 715 g/mol. The summed E-state index contributed by atoms with van der Waals surface area (Å²) in [4.78, 5) is 0. The van der Waals surface area contributed by atoms with Crippen molar-refractivity contribution in [1.29, 1.82) is 0 Å². The molecule has 0 saturated heterocycles. The van der Waals surface area contributed by atoms with Gasteiger partial charge in [0, 0.05) is 32.9 Å². The van der Waals surface area contributed by atoms with E-state index in [4.69, 9.17) is 0 Å². The molecule has 264 valence electrons. The third-order valence-corrected chi connectivity index (χ3v) is 11.6. The lowest BCUT2D eigenvalue weighted by atomic mass is 9.94. The van der Waals surface area contributed by atoms with E-state index in [2.05, 4.69) is 215 Å². The second-order valence-corrected chi connectivity index (χ2v) is 14.8. The number of fused-ring (bicyclic) bond motifs is 7. The van der Waals surface area contributed by atoms with E-state index >= 15 is 0 Å². The monoisotopic (exact) mass is 714 g/mol. The molecule has 0 unspecified atom stereocenters. The number of hydrogen-bond donors (Lipinski definition) is 0. The lowest BCUT2D eigenvalue weighted by Gasteiger charge is -2.13. The molecule has 2 aromatic heterocycles. The fraction of sp³-hybridized carbons (Fsp3) is 0.0370. The molecule has 0 spiro atoms. The molecule has 0 fully saturated rings. The minimum atomic E-state index is 1.11. The van der Waals surface area contributed by atoms with Crippen molar-refractivity contribution in [3.8, 4) is 44.8 Å². The minimum Gasteiger partial charge on any atom is -0.309 e. The molecule has 11 rings (SSSR count). The lowest BCUT2D eigenvalue weighted by Crippen LogP contribution is -1.95. The summed E-state index contributed by atoms with van der Waals surface area (Å²) >= 11 is 0. The molecule has 8 aromatic carbocycles. The Morgan fingerprint density at radius 1 is 0.339 bits per heavy atom. The first-order valence-corrected chi connectivity index (χ1v) is 19.6. The fourth-order valence-electron chi connectivity index (χ4n) is 8.98. The van der Waals surface area contributed by atoms with Crippen LogP contribution in [0.5, 0.6) is 0 Å². The van der Waals surface area contributed by atoms with Gasteiger partial charge < -0.3 is 9.13 Å².